The second kappa shape index (κ2) is 5.35. The van der Waals surface area contributed by atoms with Crippen LogP contribution in [0.5, 0.6) is 5.75 Å². The van der Waals surface area contributed by atoms with Crippen LogP contribution in [0.2, 0.25) is 0 Å². The fourth-order valence-electron chi connectivity index (χ4n) is 2.24. The van der Waals surface area contributed by atoms with Crippen LogP contribution in [0.3, 0.4) is 0 Å². The number of amides is 1. The van der Waals surface area contributed by atoms with Crippen molar-refractivity contribution in [3.8, 4) is 5.75 Å². The van der Waals surface area contributed by atoms with E-state index in [1.807, 2.05) is 0 Å². The lowest BCUT2D eigenvalue weighted by Gasteiger charge is -2.17. The maximum absolute atomic E-state index is 13.1. The van der Waals surface area contributed by atoms with E-state index in [4.69, 9.17) is 4.74 Å². The van der Waals surface area contributed by atoms with E-state index in [1.54, 1.807) is 12.0 Å². The summed E-state index contributed by atoms with van der Waals surface area (Å²) in [4.78, 5) is 13.8. The molecule has 98 valence electrons. The Bertz CT molecular complexity index is 450. The molecule has 0 bridgehead atoms. The number of phenols is 1. The Labute approximate surface area is 105 Å². The van der Waals surface area contributed by atoms with Gasteiger partial charge in [-0.2, -0.15) is 0 Å². The van der Waals surface area contributed by atoms with Crippen LogP contribution < -0.4 is 0 Å². The molecule has 1 unspecified atom stereocenters. The molecule has 1 heterocycles. The fraction of sp³-hybridized carbons (Fsp3) is 0.462. The lowest BCUT2D eigenvalue weighted by Crippen LogP contribution is -2.29. The molecule has 18 heavy (non-hydrogen) atoms. The quantitative estimate of drug-likeness (QED) is 0.891. The van der Waals surface area contributed by atoms with Crippen molar-refractivity contribution in [2.75, 3.05) is 26.8 Å². The van der Waals surface area contributed by atoms with Gasteiger partial charge >= 0.3 is 0 Å². The van der Waals surface area contributed by atoms with Gasteiger partial charge in [-0.3, -0.25) is 4.79 Å². The summed E-state index contributed by atoms with van der Waals surface area (Å²) in [5.41, 5.74) is 0.0214. The number of halogens is 1. The number of likely N-dealkylation sites (tertiary alicyclic amines) is 1. The predicted octanol–water partition coefficient (Wildman–Crippen LogP) is 1.64. The van der Waals surface area contributed by atoms with E-state index in [2.05, 4.69) is 0 Å². The van der Waals surface area contributed by atoms with Gasteiger partial charge in [-0.25, -0.2) is 4.39 Å². The third-order valence-electron chi connectivity index (χ3n) is 3.16. The highest BCUT2D eigenvalue weighted by Gasteiger charge is 2.28. The van der Waals surface area contributed by atoms with Gasteiger partial charge in [0.1, 0.15) is 11.6 Å². The molecule has 1 N–H and O–H groups in total. The van der Waals surface area contributed by atoms with Gasteiger partial charge in [-0.1, -0.05) is 0 Å². The van der Waals surface area contributed by atoms with Crippen LogP contribution in [0.15, 0.2) is 18.2 Å². The number of rotatable bonds is 3. The first-order valence-corrected chi connectivity index (χ1v) is 5.88. The predicted molar refractivity (Wildman–Crippen MR) is 64.0 cm³/mol. The Balaban J connectivity index is 2.10. The lowest BCUT2D eigenvalue weighted by atomic mass is 10.1. The molecule has 0 aromatic heterocycles. The fourth-order valence-corrected chi connectivity index (χ4v) is 2.24. The van der Waals surface area contributed by atoms with Gasteiger partial charge in [0.2, 0.25) is 0 Å². The van der Waals surface area contributed by atoms with Crippen LogP contribution in [-0.4, -0.2) is 42.7 Å². The van der Waals surface area contributed by atoms with E-state index in [-0.39, 0.29) is 17.2 Å². The average Bonchev–Trinajstić information content (AvgIpc) is 2.80. The smallest absolute Gasteiger partial charge is 0.257 e. The number of benzene rings is 1. The molecule has 4 nitrogen and oxygen atoms in total. The van der Waals surface area contributed by atoms with Crippen LogP contribution in [0.4, 0.5) is 4.39 Å². The molecular weight excluding hydrogens is 237 g/mol. The van der Waals surface area contributed by atoms with Crippen molar-refractivity contribution in [3.63, 3.8) is 0 Å². The van der Waals surface area contributed by atoms with Crippen molar-refractivity contribution < 1.29 is 19.0 Å². The molecule has 1 amide bonds. The second-order valence-corrected chi connectivity index (χ2v) is 4.52. The zero-order valence-corrected chi connectivity index (χ0v) is 10.2. The second-order valence-electron chi connectivity index (χ2n) is 4.52. The zero-order valence-electron chi connectivity index (χ0n) is 10.2. The molecule has 0 radical (unpaired) electrons. The van der Waals surface area contributed by atoms with Gasteiger partial charge in [-0.15, -0.1) is 0 Å². The number of ether oxygens (including phenoxy) is 1. The van der Waals surface area contributed by atoms with Crippen molar-refractivity contribution in [1.82, 2.24) is 4.90 Å². The maximum Gasteiger partial charge on any atom is 0.257 e. The van der Waals surface area contributed by atoms with Crippen LogP contribution in [0.1, 0.15) is 16.8 Å². The van der Waals surface area contributed by atoms with E-state index in [0.29, 0.717) is 25.6 Å². The summed E-state index contributed by atoms with van der Waals surface area (Å²) in [5, 5.41) is 9.60. The number of hydrogen-bond acceptors (Lipinski definition) is 3. The first-order valence-electron chi connectivity index (χ1n) is 5.88. The summed E-state index contributed by atoms with van der Waals surface area (Å²) >= 11 is 0. The monoisotopic (exact) mass is 253 g/mol. The molecule has 1 aliphatic heterocycles. The molecule has 1 saturated heterocycles. The summed E-state index contributed by atoms with van der Waals surface area (Å²) in [7, 11) is 1.63. The Morgan fingerprint density at radius 2 is 2.39 bits per heavy atom. The molecule has 1 fully saturated rings. The van der Waals surface area contributed by atoms with Crippen LogP contribution in [-0.2, 0) is 4.74 Å². The average molecular weight is 253 g/mol. The number of nitrogens with zero attached hydrogens (tertiary/aromatic N) is 1. The largest absolute Gasteiger partial charge is 0.507 e. The first-order chi connectivity index (χ1) is 8.61. The van der Waals surface area contributed by atoms with Crippen molar-refractivity contribution in [2.45, 2.75) is 6.42 Å². The van der Waals surface area contributed by atoms with Crippen molar-refractivity contribution >= 4 is 5.91 Å². The summed E-state index contributed by atoms with van der Waals surface area (Å²) < 4.78 is 18.1. The molecule has 0 saturated carbocycles. The van der Waals surface area contributed by atoms with Gasteiger partial charge in [-0.05, 0) is 24.6 Å². The molecule has 1 aromatic carbocycles. The molecular formula is C13H16FNO3. The summed E-state index contributed by atoms with van der Waals surface area (Å²) in [6, 6.07) is 3.40. The van der Waals surface area contributed by atoms with Crippen molar-refractivity contribution in [3.05, 3.63) is 29.6 Å². The first kappa shape index (κ1) is 12.8. The third kappa shape index (κ3) is 2.61. The van der Waals surface area contributed by atoms with Crippen LogP contribution in [0.25, 0.3) is 0 Å². The zero-order chi connectivity index (χ0) is 13.1. The SMILES string of the molecule is COCC1CCN(C(=O)c2cc(F)ccc2O)C1. The Hall–Kier alpha value is -1.62. The van der Waals surface area contributed by atoms with Crippen molar-refractivity contribution in [2.24, 2.45) is 5.92 Å². The van der Waals surface area contributed by atoms with Gasteiger partial charge < -0.3 is 14.7 Å². The molecule has 0 aliphatic carbocycles. The van der Waals surface area contributed by atoms with Gasteiger partial charge in [0, 0.05) is 26.1 Å². The minimum absolute atomic E-state index is 0.0214. The Morgan fingerprint density at radius 3 is 3.11 bits per heavy atom. The number of carbonyl (C=O) groups excluding carboxylic acids is 1. The summed E-state index contributed by atoms with van der Waals surface area (Å²) in [6.45, 7) is 1.81. The van der Waals surface area contributed by atoms with Gasteiger partial charge in [0.15, 0.2) is 0 Å². The number of hydrogen-bond donors (Lipinski definition) is 1. The van der Waals surface area contributed by atoms with E-state index in [0.717, 1.165) is 18.6 Å². The van der Waals surface area contributed by atoms with Crippen molar-refractivity contribution in [1.29, 1.82) is 0 Å². The topological polar surface area (TPSA) is 49.8 Å². The van der Waals surface area contributed by atoms with E-state index < -0.39 is 5.82 Å². The Morgan fingerprint density at radius 1 is 1.61 bits per heavy atom. The highest BCUT2D eigenvalue weighted by atomic mass is 19.1. The number of aromatic hydroxyl groups is 1. The normalized spacial score (nSPS) is 19.2. The number of methoxy groups -OCH3 is 1. The number of phenolic OH excluding ortho intramolecular Hbond substituents is 1. The standard InChI is InChI=1S/C13H16FNO3/c1-18-8-9-4-5-15(7-9)13(17)11-6-10(14)2-3-12(11)16/h2-3,6,9,16H,4-5,7-8H2,1H3. The van der Waals surface area contributed by atoms with Crippen LogP contribution >= 0.6 is 0 Å². The molecule has 1 aliphatic rings. The minimum atomic E-state index is -0.524. The number of carbonyl (C=O) groups is 1. The molecule has 5 heteroatoms. The molecule has 1 aromatic rings. The summed E-state index contributed by atoms with van der Waals surface area (Å²) in [5.74, 6) is -0.722. The van der Waals surface area contributed by atoms with Gasteiger partial charge in [0.05, 0.1) is 12.2 Å². The minimum Gasteiger partial charge on any atom is -0.507 e. The van der Waals surface area contributed by atoms with E-state index in [1.165, 1.54) is 6.07 Å². The van der Waals surface area contributed by atoms with E-state index in [9.17, 15) is 14.3 Å². The highest BCUT2D eigenvalue weighted by molar-refractivity contribution is 5.97. The van der Waals surface area contributed by atoms with Crippen LogP contribution in [0, 0.1) is 11.7 Å². The van der Waals surface area contributed by atoms with E-state index >= 15 is 0 Å². The maximum atomic E-state index is 13.1. The highest BCUT2D eigenvalue weighted by Crippen LogP contribution is 2.24. The summed E-state index contributed by atoms with van der Waals surface area (Å²) in [6.07, 6.45) is 0.871. The molecule has 2 rings (SSSR count). The molecule has 0 spiro atoms. The lowest BCUT2D eigenvalue weighted by molar-refractivity contribution is 0.0772. The third-order valence-corrected chi connectivity index (χ3v) is 3.16. The molecule has 1 atom stereocenters. The van der Waals surface area contributed by atoms with Gasteiger partial charge in [0.25, 0.3) is 5.91 Å². The Kier molecular flexibility index (Phi) is 3.81.